The summed E-state index contributed by atoms with van der Waals surface area (Å²) in [5, 5.41) is 2.27. The number of esters is 1. The Labute approximate surface area is 278 Å². The van der Waals surface area contributed by atoms with Crippen molar-refractivity contribution in [2.45, 2.75) is 55.8 Å². The predicted octanol–water partition coefficient (Wildman–Crippen LogP) is 5.96. The number of amides is 3. The Morgan fingerprint density at radius 1 is 0.915 bits per heavy atom. The van der Waals surface area contributed by atoms with Crippen LogP contribution in [-0.4, -0.2) is 40.1 Å². The quantitative estimate of drug-likeness (QED) is 0.190. The van der Waals surface area contributed by atoms with Crippen LogP contribution in [0.1, 0.15) is 60.0 Å². The number of thioether (sulfide) groups is 1. The maximum Gasteiger partial charge on any atom is 0.338 e. The van der Waals surface area contributed by atoms with Crippen molar-refractivity contribution in [3.05, 3.63) is 110 Å². The Morgan fingerprint density at radius 2 is 1.57 bits per heavy atom. The van der Waals surface area contributed by atoms with Gasteiger partial charge in [-0.3, -0.25) is 23.7 Å². The van der Waals surface area contributed by atoms with Crippen molar-refractivity contribution >= 4 is 58.2 Å². The molecule has 0 spiro atoms. The van der Waals surface area contributed by atoms with E-state index in [0.717, 1.165) is 39.1 Å². The van der Waals surface area contributed by atoms with E-state index in [-0.39, 0.29) is 23.4 Å². The van der Waals surface area contributed by atoms with Gasteiger partial charge in [-0.1, -0.05) is 68.1 Å². The summed E-state index contributed by atoms with van der Waals surface area (Å²) in [6.07, 6.45) is 0. The second kappa shape index (κ2) is 12.6. The first-order chi connectivity index (χ1) is 22.4. The van der Waals surface area contributed by atoms with Gasteiger partial charge in [-0.25, -0.2) is 14.1 Å². The second-order valence-corrected chi connectivity index (χ2v) is 14.5. The van der Waals surface area contributed by atoms with Gasteiger partial charge in [-0.15, -0.1) is 0 Å². The zero-order valence-electron chi connectivity index (χ0n) is 26.1. The largest absolute Gasteiger partial charge is 0.462 e. The van der Waals surface area contributed by atoms with E-state index in [1.165, 1.54) is 41.0 Å². The third-order valence-corrected chi connectivity index (χ3v) is 10.9. The maximum absolute atomic E-state index is 14.2. The molecular formula is C35H32FN3O6S2. The number of imide groups is 1. The van der Waals surface area contributed by atoms with Crippen molar-refractivity contribution in [1.82, 2.24) is 4.57 Å². The van der Waals surface area contributed by atoms with Crippen molar-refractivity contribution in [2.75, 3.05) is 16.8 Å². The predicted molar refractivity (Wildman–Crippen MR) is 179 cm³/mol. The summed E-state index contributed by atoms with van der Waals surface area (Å²) in [4.78, 5) is 68.3. The fraction of sp³-hybridized carbons (Fsp3) is 0.286. The van der Waals surface area contributed by atoms with Gasteiger partial charge in [0.15, 0.2) is 0 Å². The molecule has 47 heavy (non-hydrogen) atoms. The Balaban J connectivity index is 1.39. The van der Waals surface area contributed by atoms with E-state index >= 15 is 0 Å². The van der Waals surface area contributed by atoms with Crippen LogP contribution in [0.4, 0.5) is 15.8 Å². The monoisotopic (exact) mass is 673 g/mol. The van der Waals surface area contributed by atoms with Crippen molar-refractivity contribution in [2.24, 2.45) is 5.92 Å². The van der Waals surface area contributed by atoms with Gasteiger partial charge >= 0.3 is 10.8 Å². The molecule has 242 valence electrons. The summed E-state index contributed by atoms with van der Waals surface area (Å²) in [6.45, 7) is 7.88. The lowest BCUT2D eigenvalue weighted by atomic mass is 9.81. The van der Waals surface area contributed by atoms with E-state index in [2.05, 4.69) is 26.1 Å². The minimum Gasteiger partial charge on any atom is -0.462 e. The highest BCUT2D eigenvalue weighted by Gasteiger charge is 2.56. The zero-order valence-corrected chi connectivity index (χ0v) is 27.7. The number of nitrogens with zero attached hydrogens (tertiary/aromatic N) is 2. The number of hydrogen-bond donors (Lipinski definition) is 1. The molecule has 12 heteroatoms. The third kappa shape index (κ3) is 6.15. The minimum absolute atomic E-state index is 0.119. The van der Waals surface area contributed by atoms with Gasteiger partial charge in [0.2, 0.25) is 17.7 Å². The van der Waals surface area contributed by atoms with Gasteiger partial charge < -0.3 is 10.1 Å². The number of benzene rings is 3. The number of fused-ring (bicyclic) bond motifs is 2. The first-order valence-corrected chi connectivity index (χ1v) is 16.8. The number of anilines is 2. The Bertz CT molecular complexity index is 1930. The average molecular weight is 674 g/mol. The van der Waals surface area contributed by atoms with Crippen LogP contribution in [0, 0.1) is 11.7 Å². The molecule has 0 saturated carbocycles. The Morgan fingerprint density at radius 3 is 2.19 bits per heavy atom. The van der Waals surface area contributed by atoms with Gasteiger partial charge in [-0.2, -0.15) is 0 Å². The normalized spacial score (nSPS) is 18.9. The Hall–Kier alpha value is -4.55. The van der Waals surface area contributed by atoms with Gasteiger partial charge in [0.1, 0.15) is 17.6 Å². The van der Waals surface area contributed by atoms with Crippen LogP contribution in [0.3, 0.4) is 0 Å². The molecule has 0 bridgehead atoms. The van der Waals surface area contributed by atoms with E-state index in [1.54, 1.807) is 19.1 Å². The average Bonchev–Trinajstić information content (AvgIpc) is 3.48. The number of aromatic nitrogens is 1. The van der Waals surface area contributed by atoms with Crippen LogP contribution in [0.2, 0.25) is 0 Å². The SMILES string of the molecule is CCOC(=O)c1ccc(N2C(=O)C3Sc4c(sc(=O)n4CC(=O)Nc4ccc(F)cc4)[C@@H](c4ccc(C(C)(C)C)cc4)C3C2=O)cc1. The molecule has 6 rings (SSSR count). The minimum atomic E-state index is -0.868. The van der Waals surface area contributed by atoms with Gasteiger partial charge in [0.25, 0.3) is 0 Å². The van der Waals surface area contributed by atoms with Gasteiger partial charge in [-0.05, 0) is 72.0 Å². The molecule has 3 heterocycles. The number of ether oxygens (including phenoxy) is 1. The number of nitrogens with one attached hydrogen (secondary N) is 1. The molecule has 9 nitrogen and oxygen atoms in total. The molecule has 2 aliphatic heterocycles. The number of halogens is 1. The fourth-order valence-electron chi connectivity index (χ4n) is 5.90. The van der Waals surface area contributed by atoms with E-state index < -0.39 is 46.6 Å². The summed E-state index contributed by atoms with van der Waals surface area (Å²) >= 11 is 2.08. The topological polar surface area (TPSA) is 115 Å². The summed E-state index contributed by atoms with van der Waals surface area (Å²) in [5.74, 6) is -3.74. The highest BCUT2D eigenvalue weighted by molar-refractivity contribution is 8.00. The Kier molecular flexibility index (Phi) is 8.66. The zero-order chi connectivity index (χ0) is 33.6. The highest BCUT2D eigenvalue weighted by atomic mass is 32.2. The van der Waals surface area contributed by atoms with Crippen molar-refractivity contribution in [3.63, 3.8) is 0 Å². The lowest BCUT2D eigenvalue weighted by molar-refractivity contribution is -0.122. The second-order valence-electron chi connectivity index (χ2n) is 12.4. The summed E-state index contributed by atoms with van der Waals surface area (Å²) in [6, 6.07) is 19.3. The lowest BCUT2D eigenvalue weighted by Gasteiger charge is -2.31. The molecule has 4 aromatic rings. The number of rotatable bonds is 7. The molecule has 3 amide bonds. The fourth-order valence-corrected chi connectivity index (χ4v) is 8.67. The molecule has 2 unspecified atom stereocenters. The van der Waals surface area contributed by atoms with Crippen LogP contribution in [-0.2, 0) is 31.1 Å². The number of thiazole rings is 1. The molecule has 3 aromatic carbocycles. The molecule has 1 saturated heterocycles. The summed E-state index contributed by atoms with van der Waals surface area (Å²) in [5.41, 5.74) is 2.74. The smallest absolute Gasteiger partial charge is 0.338 e. The van der Waals surface area contributed by atoms with Crippen LogP contribution < -0.4 is 15.1 Å². The molecule has 1 N–H and O–H groups in total. The van der Waals surface area contributed by atoms with Crippen molar-refractivity contribution < 1.29 is 28.3 Å². The lowest BCUT2D eigenvalue weighted by Crippen LogP contribution is -2.33. The molecule has 0 aliphatic carbocycles. The number of carbonyl (C=O) groups is 4. The first-order valence-electron chi connectivity index (χ1n) is 15.1. The standard InChI is InChI=1S/C35H32FN3O6S2/c1-5-45-33(43)20-8-16-24(17-9-20)39-30(41)27-26(19-6-10-21(11-7-19)35(2,3)4)29-32(46-28(27)31(39)42)38(34(44)47-29)18-25(40)37-23-14-12-22(36)13-15-23/h6-17,26-28H,5,18H2,1-4H3,(H,37,40)/t26-,27?,28?/m0/s1. The molecule has 2 aliphatic rings. The summed E-state index contributed by atoms with van der Waals surface area (Å²) < 4.78 is 19.8. The van der Waals surface area contributed by atoms with Crippen LogP contribution in [0.5, 0.6) is 0 Å². The first kappa shape index (κ1) is 32.4. The third-order valence-electron chi connectivity index (χ3n) is 8.25. The van der Waals surface area contributed by atoms with E-state index in [9.17, 15) is 28.4 Å². The molecule has 3 atom stereocenters. The molecule has 1 aromatic heterocycles. The van der Waals surface area contributed by atoms with Gasteiger partial charge in [0.05, 0.1) is 28.8 Å². The highest BCUT2D eigenvalue weighted by Crippen LogP contribution is 2.54. The number of hydrogen-bond acceptors (Lipinski definition) is 8. The van der Waals surface area contributed by atoms with E-state index in [0.29, 0.717) is 26.8 Å². The van der Waals surface area contributed by atoms with E-state index in [1.807, 2.05) is 24.3 Å². The molecule has 1 fully saturated rings. The summed E-state index contributed by atoms with van der Waals surface area (Å²) in [7, 11) is 0. The maximum atomic E-state index is 14.2. The van der Waals surface area contributed by atoms with Crippen LogP contribution >= 0.6 is 23.1 Å². The van der Waals surface area contributed by atoms with Crippen LogP contribution in [0.25, 0.3) is 0 Å². The molecule has 0 radical (unpaired) electrons. The van der Waals surface area contributed by atoms with Crippen molar-refractivity contribution in [3.8, 4) is 0 Å². The van der Waals surface area contributed by atoms with Gasteiger partial charge in [0, 0.05) is 16.5 Å². The van der Waals surface area contributed by atoms with Crippen molar-refractivity contribution in [1.29, 1.82) is 0 Å². The van der Waals surface area contributed by atoms with E-state index in [4.69, 9.17) is 4.74 Å². The number of carbonyl (C=O) groups excluding carboxylic acids is 4. The molecular weight excluding hydrogens is 642 g/mol. The van der Waals surface area contributed by atoms with Crippen LogP contribution in [0.15, 0.2) is 82.6 Å².